The summed E-state index contributed by atoms with van der Waals surface area (Å²) in [4.78, 5) is 35.1. The Morgan fingerprint density at radius 1 is 1.47 bits per heavy atom. The second-order valence-corrected chi connectivity index (χ2v) is 5.02. The van der Waals surface area contributed by atoms with Crippen molar-refractivity contribution >= 4 is 23.2 Å². The molecule has 1 rings (SSSR count). The molecule has 106 valence electrons. The maximum Gasteiger partial charge on any atom is 0.323 e. The molecule has 1 N–H and O–H groups in total. The van der Waals surface area contributed by atoms with Gasteiger partial charge in [0.25, 0.3) is 0 Å². The van der Waals surface area contributed by atoms with Gasteiger partial charge in [-0.1, -0.05) is 11.3 Å². The molecule has 0 aliphatic carbocycles. The van der Waals surface area contributed by atoms with Crippen molar-refractivity contribution in [3.05, 3.63) is 20.7 Å². The van der Waals surface area contributed by atoms with Crippen molar-refractivity contribution in [2.24, 2.45) is 0 Å². The second-order valence-electron chi connectivity index (χ2n) is 4.20. The number of amides is 1. The molecule has 0 saturated heterocycles. The largest absolute Gasteiger partial charge is 0.480 e. The smallest absolute Gasteiger partial charge is 0.323 e. The Hall–Kier alpha value is -1.63. The molecule has 1 amide bonds. The van der Waals surface area contributed by atoms with Gasteiger partial charge in [0.2, 0.25) is 5.91 Å². The highest BCUT2D eigenvalue weighted by molar-refractivity contribution is 7.07. The Labute approximate surface area is 115 Å². The number of carbonyl (C=O) groups excluding carboxylic acids is 1. The fraction of sp³-hybridized carbons (Fsp3) is 0.583. The van der Waals surface area contributed by atoms with E-state index in [-0.39, 0.29) is 23.7 Å². The van der Waals surface area contributed by atoms with Crippen molar-refractivity contribution in [2.45, 2.75) is 33.2 Å². The third kappa shape index (κ3) is 4.51. The van der Waals surface area contributed by atoms with Gasteiger partial charge in [0.1, 0.15) is 6.54 Å². The third-order valence-corrected chi connectivity index (χ3v) is 3.69. The molecule has 1 heterocycles. The van der Waals surface area contributed by atoms with E-state index >= 15 is 0 Å². The molecule has 0 unspecified atom stereocenters. The number of aromatic nitrogens is 1. The summed E-state index contributed by atoms with van der Waals surface area (Å²) in [6.07, 6.45) is 0.787. The standard InChI is InChI=1S/C12H18N2O4S/c1-3-13(7-11(16)17)10(15)5-4-6-14-9(2)8-19-12(14)18/h8H,3-7H2,1-2H3,(H,16,17). The third-order valence-electron chi connectivity index (χ3n) is 2.81. The first-order chi connectivity index (χ1) is 8.95. The topological polar surface area (TPSA) is 79.6 Å². The summed E-state index contributed by atoms with van der Waals surface area (Å²) in [5, 5.41) is 10.5. The van der Waals surface area contributed by atoms with Gasteiger partial charge < -0.3 is 14.6 Å². The van der Waals surface area contributed by atoms with E-state index in [0.29, 0.717) is 19.5 Å². The molecule has 0 aliphatic heterocycles. The molecule has 0 radical (unpaired) electrons. The summed E-state index contributed by atoms with van der Waals surface area (Å²) in [6, 6.07) is 0. The quantitative estimate of drug-likeness (QED) is 0.808. The number of carboxylic acid groups (broad SMARTS) is 1. The highest BCUT2D eigenvalue weighted by atomic mass is 32.1. The van der Waals surface area contributed by atoms with Crippen LogP contribution in [0, 0.1) is 6.92 Å². The van der Waals surface area contributed by atoms with E-state index in [9.17, 15) is 14.4 Å². The van der Waals surface area contributed by atoms with Crippen molar-refractivity contribution in [2.75, 3.05) is 13.1 Å². The van der Waals surface area contributed by atoms with Crippen molar-refractivity contribution < 1.29 is 14.7 Å². The maximum atomic E-state index is 11.8. The molecule has 0 spiro atoms. The zero-order valence-electron chi connectivity index (χ0n) is 11.1. The summed E-state index contributed by atoms with van der Waals surface area (Å²) in [6.45, 7) is 4.19. The molecule has 0 saturated carbocycles. The van der Waals surface area contributed by atoms with Crippen LogP contribution in [0.5, 0.6) is 0 Å². The lowest BCUT2D eigenvalue weighted by molar-refractivity contribution is -0.144. The summed E-state index contributed by atoms with van der Waals surface area (Å²) >= 11 is 1.14. The van der Waals surface area contributed by atoms with Crippen LogP contribution >= 0.6 is 11.3 Å². The number of thiazole rings is 1. The first-order valence-corrected chi connectivity index (χ1v) is 6.98. The molecule has 1 aromatic heterocycles. The number of rotatable bonds is 7. The SMILES string of the molecule is CCN(CC(=O)O)C(=O)CCCn1c(C)csc1=O. The van der Waals surface area contributed by atoms with E-state index in [1.54, 1.807) is 16.9 Å². The van der Waals surface area contributed by atoms with Crippen molar-refractivity contribution in [3.8, 4) is 0 Å². The molecule has 0 fully saturated rings. The van der Waals surface area contributed by atoms with E-state index < -0.39 is 5.97 Å². The zero-order chi connectivity index (χ0) is 14.4. The number of aryl methyl sites for hydroxylation is 1. The molecular formula is C12H18N2O4S. The maximum absolute atomic E-state index is 11.8. The van der Waals surface area contributed by atoms with Crippen LogP contribution in [0.2, 0.25) is 0 Å². The van der Waals surface area contributed by atoms with Crippen LogP contribution in [0.25, 0.3) is 0 Å². The van der Waals surface area contributed by atoms with E-state index in [4.69, 9.17) is 5.11 Å². The van der Waals surface area contributed by atoms with Crippen LogP contribution in [0.4, 0.5) is 0 Å². The predicted molar refractivity (Wildman–Crippen MR) is 72.4 cm³/mol. The fourth-order valence-corrected chi connectivity index (χ4v) is 2.52. The van der Waals surface area contributed by atoms with Crippen LogP contribution < -0.4 is 4.87 Å². The van der Waals surface area contributed by atoms with Crippen molar-refractivity contribution in [1.82, 2.24) is 9.47 Å². The van der Waals surface area contributed by atoms with Gasteiger partial charge in [-0.15, -0.1) is 0 Å². The minimum absolute atomic E-state index is 0.0252. The second kappa shape index (κ2) is 7.08. The number of hydrogen-bond acceptors (Lipinski definition) is 4. The molecule has 0 aromatic carbocycles. The van der Waals surface area contributed by atoms with Gasteiger partial charge in [-0.3, -0.25) is 14.4 Å². The van der Waals surface area contributed by atoms with Gasteiger partial charge in [-0.2, -0.15) is 0 Å². The monoisotopic (exact) mass is 286 g/mol. The molecule has 7 heteroatoms. The summed E-state index contributed by atoms with van der Waals surface area (Å²) in [7, 11) is 0. The lowest BCUT2D eigenvalue weighted by Gasteiger charge is -2.18. The van der Waals surface area contributed by atoms with Crippen LogP contribution in [0.15, 0.2) is 10.2 Å². The average Bonchev–Trinajstić information content (AvgIpc) is 2.67. The first kappa shape index (κ1) is 15.4. The van der Waals surface area contributed by atoms with E-state index in [1.165, 1.54) is 4.90 Å². The Kier molecular flexibility index (Phi) is 5.75. The van der Waals surface area contributed by atoms with Gasteiger partial charge in [0.05, 0.1) is 0 Å². The van der Waals surface area contributed by atoms with Crippen molar-refractivity contribution in [1.29, 1.82) is 0 Å². The predicted octanol–water partition coefficient (Wildman–Crippen LogP) is 0.932. The normalized spacial score (nSPS) is 10.4. The lowest BCUT2D eigenvalue weighted by atomic mass is 10.2. The zero-order valence-corrected chi connectivity index (χ0v) is 11.9. The number of aliphatic carboxylic acids is 1. The van der Waals surface area contributed by atoms with Crippen LogP contribution in [-0.2, 0) is 16.1 Å². The molecule has 0 aliphatic rings. The van der Waals surface area contributed by atoms with Crippen LogP contribution in [-0.4, -0.2) is 39.5 Å². The fourth-order valence-electron chi connectivity index (χ4n) is 1.76. The number of nitrogens with zero attached hydrogens (tertiary/aromatic N) is 2. The van der Waals surface area contributed by atoms with E-state index in [2.05, 4.69) is 0 Å². The number of likely N-dealkylation sites (N-methyl/N-ethyl adjacent to an activating group) is 1. The van der Waals surface area contributed by atoms with Crippen LogP contribution in [0.1, 0.15) is 25.5 Å². The number of carboxylic acids is 1. The molecule has 0 atom stereocenters. The average molecular weight is 286 g/mol. The van der Waals surface area contributed by atoms with Gasteiger partial charge in [-0.05, 0) is 20.3 Å². The van der Waals surface area contributed by atoms with Gasteiger partial charge in [0, 0.05) is 30.6 Å². The number of carbonyl (C=O) groups is 2. The highest BCUT2D eigenvalue weighted by Gasteiger charge is 2.14. The Morgan fingerprint density at radius 2 is 2.16 bits per heavy atom. The summed E-state index contributed by atoms with van der Waals surface area (Å²) in [5.41, 5.74) is 0.889. The summed E-state index contributed by atoms with van der Waals surface area (Å²) in [5.74, 6) is -1.20. The lowest BCUT2D eigenvalue weighted by Crippen LogP contribution is -2.35. The Bertz CT molecular complexity index is 506. The molecule has 0 bridgehead atoms. The van der Waals surface area contributed by atoms with Gasteiger partial charge in [-0.25, -0.2) is 0 Å². The summed E-state index contributed by atoms with van der Waals surface area (Å²) < 4.78 is 1.63. The van der Waals surface area contributed by atoms with Crippen LogP contribution in [0.3, 0.4) is 0 Å². The Balaban J connectivity index is 2.46. The molecule has 1 aromatic rings. The Morgan fingerprint density at radius 3 is 2.63 bits per heavy atom. The minimum atomic E-state index is -1.01. The van der Waals surface area contributed by atoms with Gasteiger partial charge >= 0.3 is 10.8 Å². The molecular weight excluding hydrogens is 268 g/mol. The van der Waals surface area contributed by atoms with Gasteiger partial charge in [0.15, 0.2) is 0 Å². The molecule has 6 nitrogen and oxygen atoms in total. The highest BCUT2D eigenvalue weighted by Crippen LogP contribution is 2.04. The first-order valence-electron chi connectivity index (χ1n) is 6.10. The molecule has 19 heavy (non-hydrogen) atoms. The van der Waals surface area contributed by atoms with E-state index in [0.717, 1.165) is 17.0 Å². The van der Waals surface area contributed by atoms with E-state index in [1.807, 2.05) is 6.92 Å². The van der Waals surface area contributed by atoms with Crippen molar-refractivity contribution in [3.63, 3.8) is 0 Å². The number of hydrogen-bond donors (Lipinski definition) is 1. The minimum Gasteiger partial charge on any atom is -0.480 e.